The first kappa shape index (κ1) is 13.0. The van der Waals surface area contributed by atoms with Gasteiger partial charge in [-0.1, -0.05) is 18.2 Å². The molecule has 0 saturated heterocycles. The Morgan fingerprint density at radius 1 is 0.833 bits per heavy atom. The number of imidazole rings is 1. The fourth-order valence-electron chi connectivity index (χ4n) is 2.96. The lowest BCUT2D eigenvalue weighted by Crippen LogP contribution is -1.78. The Hall–Kier alpha value is -3.47. The summed E-state index contributed by atoms with van der Waals surface area (Å²) in [5, 5.41) is 1.11. The van der Waals surface area contributed by atoms with Crippen molar-refractivity contribution in [3.8, 4) is 34.3 Å². The number of aromatic amines is 2. The average Bonchev–Trinajstić information content (AvgIpc) is 3.39. The van der Waals surface area contributed by atoms with Crippen LogP contribution in [0.15, 0.2) is 76.1 Å². The smallest absolute Gasteiger partial charge is 0.154 e. The maximum absolute atomic E-state index is 5.56. The Balaban J connectivity index is 1.75. The topological polar surface area (TPSA) is 70.8 Å². The molecule has 0 fully saturated rings. The van der Waals surface area contributed by atoms with E-state index in [-0.39, 0.29) is 0 Å². The van der Waals surface area contributed by atoms with E-state index in [4.69, 9.17) is 13.8 Å². The van der Waals surface area contributed by atoms with Crippen LogP contribution >= 0.6 is 0 Å². The van der Waals surface area contributed by atoms with Crippen molar-refractivity contribution in [2.24, 2.45) is 0 Å². The second kappa shape index (κ2) is 5.03. The number of nitrogens with one attached hydrogen (secondary N) is 2. The highest BCUT2D eigenvalue weighted by molar-refractivity contribution is 5.94. The van der Waals surface area contributed by atoms with Crippen molar-refractivity contribution in [3.63, 3.8) is 0 Å². The molecule has 0 saturated carbocycles. The zero-order valence-electron chi connectivity index (χ0n) is 12.6. The maximum Gasteiger partial charge on any atom is 0.154 e. The van der Waals surface area contributed by atoms with Gasteiger partial charge in [0.15, 0.2) is 11.5 Å². The van der Waals surface area contributed by atoms with Crippen molar-refractivity contribution in [1.29, 1.82) is 0 Å². The first-order chi connectivity index (χ1) is 11.9. The van der Waals surface area contributed by atoms with Crippen LogP contribution in [0.1, 0.15) is 0 Å². The Kier molecular flexibility index (Phi) is 2.72. The van der Waals surface area contributed by atoms with Crippen LogP contribution in [-0.4, -0.2) is 15.0 Å². The minimum Gasteiger partial charge on any atom is -0.463 e. The maximum atomic E-state index is 5.56. The molecule has 1 aromatic carbocycles. The number of nitrogens with zero attached hydrogens (tertiary/aromatic N) is 1. The molecule has 0 amide bonds. The van der Waals surface area contributed by atoms with Crippen LogP contribution < -0.4 is 0 Å². The molecular weight excluding hydrogens is 302 g/mol. The van der Waals surface area contributed by atoms with E-state index in [1.807, 2.05) is 48.7 Å². The van der Waals surface area contributed by atoms with Gasteiger partial charge in [0.1, 0.15) is 17.2 Å². The first-order valence-corrected chi connectivity index (χ1v) is 7.64. The van der Waals surface area contributed by atoms with Crippen molar-refractivity contribution in [3.05, 3.63) is 67.3 Å². The molecule has 5 heteroatoms. The summed E-state index contributed by atoms with van der Waals surface area (Å²) < 4.78 is 11.1. The minimum absolute atomic E-state index is 0.698. The number of aromatic nitrogens is 3. The Morgan fingerprint density at radius 3 is 2.42 bits per heavy atom. The number of rotatable bonds is 3. The standard InChI is InChI=1S/C19H13N3O2/c1-2-6-14-12(5-1)13(11-20-14)19-21-17(15-7-3-9-23-15)18(22-19)16-8-4-10-24-16/h1-11,20H,(H,21,22). The first-order valence-electron chi connectivity index (χ1n) is 7.64. The van der Waals surface area contributed by atoms with Crippen LogP contribution in [0.4, 0.5) is 0 Å². The van der Waals surface area contributed by atoms with Crippen molar-refractivity contribution < 1.29 is 8.83 Å². The van der Waals surface area contributed by atoms with Gasteiger partial charge in [0.05, 0.1) is 12.5 Å². The molecule has 5 rings (SSSR count). The Labute approximate surface area is 137 Å². The van der Waals surface area contributed by atoms with Gasteiger partial charge in [0, 0.05) is 22.7 Å². The van der Waals surface area contributed by atoms with Crippen molar-refractivity contribution in [1.82, 2.24) is 15.0 Å². The molecule has 0 radical (unpaired) electrons. The summed E-state index contributed by atoms with van der Waals surface area (Å²) in [6.07, 6.45) is 5.25. The Bertz CT molecular complexity index is 1050. The van der Waals surface area contributed by atoms with Crippen LogP contribution in [0.2, 0.25) is 0 Å². The van der Waals surface area contributed by atoms with E-state index in [2.05, 4.69) is 16.0 Å². The highest BCUT2D eigenvalue weighted by Gasteiger charge is 2.20. The average molecular weight is 315 g/mol. The van der Waals surface area contributed by atoms with Crippen LogP contribution in [0.5, 0.6) is 0 Å². The third-order valence-electron chi connectivity index (χ3n) is 4.07. The zero-order valence-corrected chi connectivity index (χ0v) is 12.6. The van der Waals surface area contributed by atoms with Gasteiger partial charge in [-0.15, -0.1) is 0 Å². The fraction of sp³-hybridized carbons (Fsp3) is 0. The number of hydrogen-bond acceptors (Lipinski definition) is 3. The van der Waals surface area contributed by atoms with Crippen LogP contribution in [0.25, 0.3) is 45.2 Å². The van der Waals surface area contributed by atoms with Gasteiger partial charge in [0.2, 0.25) is 0 Å². The highest BCUT2D eigenvalue weighted by Crippen LogP contribution is 2.35. The third-order valence-corrected chi connectivity index (χ3v) is 4.07. The molecule has 5 nitrogen and oxygen atoms in total. The number of H-pyrrole nitrogens is 2. The lowest BCUT2D eigenvalue weighted by Gasteiger charge is -1.95. The second-order valence-electron chi connectivity index (χ2n) is 5.51. The lowest BCUT2D eigenvalue weighted by molar-refractivity contribution is 0.573. The predicted molar refractivity (Wildman–Crippen MR) is 91.3 cm³/mol. The molecule has 2 N–H and O–H groups in total. The van der Waals surface area contributed by atoms with E-state index >= 15 is 0 Å². The minimum atomic E-state index is 0.698. The molecular formula is C19H13N3O2. The van der Waals surface area contributed by atoms with Gasteiger partial charge in [-0.2, -0.15) is 0 Å². The van der Waals surface area contributed by atoms with Gasteiger partial charge in [-0.05, 0) is 30.3 Å². The number of hydrogen-bond donors (Lipinski definition) is 2. The van der Waals surface area contributed by atoms with Gasteiger partial charge in [-0.25, -0.2) is 4.98 Å². The monoisotopic (exact) mass is 315 g/mol. The van der Waals surface area contributed by atoms with Crippen molar-refractivity contribution in [2.45, 2.75) is 0 Å². The molecule has 5 aromatic rings. The molecule has 0 aliphatic rings. The molecule has 0 spiro atoms. The zero-order chi connectivity index (χ0) is 15.9. The van der Waals surface area contributed by atoms with E-state index in [1.54, 1.807) is 12.5 Å². The summed E-state index contributed by atoms with van der Waals surface area (Å²) in [5.41, 5.74) is 3.62. The van der Waals surface area contributed by atoms with E-state index in [9.17, 15) is 0 Å². The van der Waals surface area contributed by atoms with E-state index in [0.29, 0.717) is 5.76 Å². The molecule has 0 aliphatic carbocycles. The molecule has 4 aromatic heterocycles. The largest absolute Gasteiger partial charge is 0.463 e. The number of fused-ring (bicyclic) bond motifs is 1. The van der Waals surface area contributed by atoms with Gasteiger partial charge < -0.3 is 18.8 Å². The molecule has 4 heterocycles. The quantitative estimate of drug-likeness (QED) is 0.488. The molecule has 0 aliphatic heterocycles. The molecule has 0 bridgehead atoms. The van der Waals surface area contributed by atoms with Crippen molar-refractivity contribution in [2.75, 3.05) is 0 Å². The molecule has 0 unspecified atom stereocenters. The van der Waals surface area contributed by atoms with Crippen LogP contribution in [0, 0.1) is 0 Å². The van der Waals surface area contributed by atoms with E-state index < -0.39 is 0 Å². The van der Waals surface area contributed by atoms with Gasteiger partial charge >= 0.3 is 0 Å². The van der Waals surface area contributed by atoms with Gasteiger partial charge in [-0.3, -0.25) is 0 Å². The number of para-hydroxylation sites is 1. The molecule has 0 atom stereocenters. The van der Waals surface area contributed by atoms with Crippen LogP contribution in [0.3, 0.4) is 0 Å². The summed E-state index contributed by atoms with van der Waals surface area (Å²) in [4.78, 5) is 11.4. The normalized spacial score (nSPS) is 11.3. The lowest BCUT2D eigenvalue weighted by atomic mass is 10.2. The third kappa shape index (κ3) is 1.91. The molecule has 116 valence electrons. The van der Waals surface area contributed by atoms with E-state index in [0.717, 1.165) is 39.4 Å². The number of furan rings is 2. The highest BCUT2D eigenvalue weighted by atomic mass is 16.3. The number of benzene rings is 1. The van der Waals surface area contributed by atoms with Crippen LogP contribution in [-0.2, 0) is 0 Å². The second-order valence-corrected chi connectivity index (χ2v) is 5.51. The summed E-state index contributed by atoms with van der Waals surface area (Å²) >= 11 is 0. The Morgan fingerprint density at radius 2 is 1.62 bits per heavy atom. The summed E-state index contributed by atoms with van der Waals surface area (Å²) in [7, 11) is 0. The summed E-state index contributed by atoms with van der Waals surface area (Å²) in [6.45, 7) is 0. The van der Waals surface area contributed by atoms with Crippen molar-refractivity contribution >= 4 is 10.9 Å². The predicted octanol–water partition coefficient (Wildman–Crippen LogP) is 5.08. The molecule has 24 heavy (non-hydrogen) atoms. The summed E-state index contributed by atoms with van der Waals surface area (Å²) in [5.74, 6) is 2.19. The van der Waals surface area contributed by atoms with Gasteiger partial charge in [0.25, 0.3) is 0 Å². The summed E-state index contributed by atoms with van der Waals surface area (Å²) in [6, 6.07) is 15.6. The SMILES string of the molecule is c1coc(-c2nc(-c3c[nH]c4ccccc34)[nH]c2-c2ccco2)c1. The fourth-order valence-corrected chi connectivity index (χ4v) is 2.96. The van der Waals surface area contributed by atoms with E-state index in [1.165, 1.54) is 0 Å².